The predicted molar refractivity (Wildman–Crippen MR) is 127 cm³/mol. The maximum absolute atomic E-state index is 12.6. The maximum Gasteiger partial charge on any atom is 0.333 e. The number of anilines is 2. The largest absolute Gasteiger partial charge is 0.464 e. The Morgan fingerprint density at radius 1 is 0.969 bits per heavy atom. The lowest BCUT2D eigenvalue weighted by Gasteiger charge is -2.51. The molecule has 32 heavy (non-hydrogen) atoms. The van der Waals surface area contributed by atoms with Crippen LogP contribution in [0.5, 0.6) is 0 Å². The van der Waals surface area contributed by atoms with Crippen molar-refractivity contribution in [2.45, 2.75) is 114 Å². The molecule has 2 saturated heterocycles. The number of piperidine rings is 1. The van der Waals surface area contributed by atoms with Crippen LogP contribution in [0.25, 0.3) is 0 Å². The highest BCUT2D eigenvalue weighted by molar-refractivity contribution is 5.86. The van der Waals surface area contributed by atoms with Gasteiger partial charge in [-0.15, -0.1) is 0 Å². The van der Waals surface area contributed by atoms with E-state index in [1.54, 1.807) is 0 Å². The molecule has 1 aromatic rings. The number of aliphatic hydroxyl groups is 1. The highest BCUT2D eigenvalue weighted by Crippen LogP contribution is 2.45. The summed E-state index contributed by atoms with van der Waals surface area (Å²) in [6, 6.07) is 9.47. The summed E-state index contributed by atoms with van der Waals surface area (Å²) in [5.41, 5.74) is 1.91. The fourth-order valence-electron chi connectivity index (χ4n) is 6.93. The zero-order chi connectivity index (χ0) is 22.1. The van der Waals surface area contributed by atoms with E-state index in [4.69, 9.17) is 4.74 Å². The summed E-state index contributed by atoms with van der Waals surface area (Å²) in [6.07, 6.45) is 13.4. The minimum absolute atomic E-state index is 0.243. The first-order valence-electron chi connectivity index (χ1n) is 12.9. The summed E-state index contributed by atoms with van der Waals surface area (Å²) < 4.78 is 5.28. The molecule has 3 aliphatic heterocycles. The van der Waals surface area contributed by atoms with Crippen LogP contribution in [0.1, 0.15) is 77.6 Å². The van der Waals surface area contributed by atoms with Gasteiger partial charge in [-0.25, -0.2) is 4.79 Å². The van der Waals surface area contributed by atoms with E-state index in [0.717, 1.165) is 30.3 Å². The molecular formula is C26H39N3O3. The predicted octanol–water partition coefficient (Wildman–Crippen LogP) is 4.28. The van der Waals surface area contributed by atoms with Gasteiger partial charge in [-0.2, -0.15) is 0 Å². The number of nitrogens with zero attached hydrogens (tertiary/aromatic N) is 2. The van der Waals surface area contributed by atoms with Crippen molar-refractivity contribution < 1.29 is 14.6 Å². The average Bonchev–Trinajstić information content (AvgIpc) is 3.02. The Hall–Kier alpha value is -1.79. The first-order valence-corrected chi connectivity index (χ1v) is 12.9. The van der Waals surface area contributed by atoms with E-state index in [1.807, 2.05) is 25.1 Å². The third kappa shape index (κ3) is 4.12. The van der Waals surface area contributed by atoms with Crippen molar-refractivity contribution in [3.63, 3.8) is 0 Å². The number of carbonyl (C=O) groups excluding carboxylic acids is 1. The van der Waals surface area contributed by atoms with E-state index >= 15 is 0 Å². The van der Waals surface area contributed by atoms with E-state index in [-0.39, 0.29) is 12.0 Å². The molecule has 3 unspecified atom stereocenters. The van der Waals surface area contributed by atoms with E-state index in [9.17, 15) is 9.90 Å². The Bertz CT molecular complexity index is 780. The fourth-order valence-corrected chi connectivity index (χ4v) is 6.93. The van der Waals surface area contributed by atoms with Crippen LogP contribution in [0.15, 0.2) is 24.3 Å². The van der Waals surface area contributed by atoms with Gasteiger partial charge in [0.05, 0.1) is 18.0 Å². The number of carbonyl (C=O) groups is 1. The first-order chi connectivity index (χ1) is 15.7. The second-order valence-electron chi connectivity index (χ2n) is 10.2. The third-order valence-corrected chi connectivity index (χ3v) is 8.27. The highest BCUT2D eigenvalue weighted by Gasteiger charge is 2.48. The van der Waals surface area contributed by atoms with E-state index in [2.05, 4.69) is 21.2 Å². The summed E-state index contributed by atoms with van der Waals surface area (Å²) in [5, 5.41) is 14.6. The number of fused-ring (bicyclic) bond motifs is 3. The molecule has 1 aromatic carbocycles. The van der Waals surface area contributed by atoms with Crippen LogP contribution < -0.4 is 10.2 Å². The number of hydrogen-bond acceptors (Lipinski definition) is 6. The molecule has 2 bridgehead atoms. The van der Waals surface area contributed by atoms with Crippen LogP contribution in [-0.4, -0.2) is 59.0 Å². The van der Waals surface area contributed by atoms with Crippen molar-refractivity contribution in [1.29, 1.82) is 0 Å². The number of ether oxygens (including phenoxy) is 1. The molecule has 1 aliphatic carbocycles. The number of nitrogens with one attached hydrogen (secondary N) is 1. The number of aliphatic hydroxyl groups excluding tert-OH is 1. The van der Waals surface area contributed by atoms with Crippen molar-refractivity contribution in [2.24, 2.45) is 0 Å². The van der Waals surface area contributed by atoms with Gasteiger partial charge in [-0.05, 0) is 57.6 Å². The summed E-state index contributed by atoms with van der Waals surface area (Å²) >= 11 is 0. The molecule has 2 N–H and O–H groups in total. The van der Waals surface area contributed by atoms with Gasteiger partial charge in [0.25, 0.3) is 0 Å². The van der Waals surface area contributed by atoms with Crippen LogP contribution in [0.2, 0.25) is 0 Å². The average molecular weight is 442 g/mol. The summed E-state index contributed by atoms with van der Waals surface area (Å²) in [6.45, 7) is 2.12. The quantitative estimate of drug-likeness (QED) is 0.680. The molecule has 6 heteroatoms. The molecule has 3 fully saturated rings. The van der Waals surface area contributed by atoms with Gasteiger partial charge in [0.1, 0.15) is 0 Å². The van der Waals surface area contributed by atoms with Crippen LogP contribution in [0.4, 0.5) is 11.4 Å². The normalized spacial score (nSPS) is 33.7. The Balaban J connectivity index is 1.37. The standard InChI is InChI=1S/C26H39N3O3/c1-2-32-26(31)24-25(30)29(23-13-9-8-12-22(23)27-24)21-16-19-14-15-20(17-21)28(19)18-10-6-4-3-5-7-11-18/h8-9,12-13,18-21,24-25,27,30H,2-7,10-11,14-17H2,1H3/t19-,20?,21+,24?,25?/m0/s1. The minimum atomic E-state index is -0.915. The molecule has 1 saturated carbocycles. The number of benzene rings is 1. The molecule has 5 rings (SSSR count). The molecule has 4 aliphatic rings. The molecule has 3 heterocycles. The topological polar surface area (TPSA) is 65.0 Å². The Morgan fingerprint density at radius 3 is 2.31 bits per heavy atom. The van der Waals surface area contributed by atoms with Gasteiger partial charge in [0, 0.05) is 24.2 Å². The zero-order valence-corrected chi connectivity index (χ0v) is 19.4. The minimum Gasteiger partial charge on any atom is -0.464 e. The first kappa shape index (κ1) is 22.0. The second-order valence-corrected chi connectivity index (χ2v) is 10.2. The van der Waals surface area contributed by atoms with Crippen molar-refractivity contribution in [2.75, 3.05) is 16.8 Å². The maximum atomic E-state index is 12.6. The molecule has 0 amide bonds. The molecule has 0 radical (unpaired) electrons. The number of esters is 1. The molecule has 5 atom stereocenters. The van der Waals surface area contributed by atoms with Crippen LogP contribution >= 0.6 is 0 Å². The second kappa shape index (κ2) is 9.60. The van der Waals surface area contributed by atoms with Crippen LogP contribution in [0.3, 0.4) is 0 Å². The number of para-hydroxylation sites is 2. The SMILES string of the molecule is CCOC(=O)C1Nc2ccccc2N([C@H]2CC3CC[C@@H](C2)N3C2CCCCCCC2)C1O. The molecule has 6 nitrogen and oxygen atoms in total. The summed E-state index contributed by atoms with van der Waals surface area (Å²) in [7, 11) is 0. The van der Waals surface area contributed by atoms with Gasteiger partial charge in [0.15, 0.2) is 12.3 Å². The number of rotatable bonds is 4. The summed E-state index contributed by atoms with van der Waals surface area (Å²) in [4.78, 5) is 17.6. The molecule has 176 valence electrons. The van der Waals surface area contributed by atoms with E-state index in [0.29, 0.717) is 18.7 Å². The Morgan fingerprint density at radius 2 is 1.62 bits per heavy atom. The van der Waals surface area contributed by atoms with Crippen molar-refractivity contribution in [3.05, 3.63) is 24.3 Å². The zero-order valence-electron chi connectivity index (χ0n) is 19.4. The monoisotopic (exact) mass is 441 g/mol. The number of hydrogen-bond donors (Lipinski definition) is 2. The third-order valence-electron chi connectivity index (χ3n) is 8.27. The van der Waals surface area contributed by atoms with E-state index in [1.165, 1.54) is 57.8 Å². The lowest BCUT2D eigenvalue weighted by Crippen LogP contribution is -2.62. The van der Waals surface area contributed by atoms with Crippen molar-refractivity contribution in [3.8, 4) is 0 Å². The van der Waals surface area contributed by atoms with E-state index < -0.39 is 12.3 Å². The molecule has 0 spiro atoms. The van der Waals surface area contributed by atoms with Gasteiger partial charge in [0.2, 0.25) is 0 Å². The smallest absolute Gasteiger partial charge is 0.333 e. The van der Waals surface area contributed by atoms with Gasteiger partial charge in [-0.3, -0.25) is 4.90 Å². The Kier molecular flexibility index (Phi) is 6.61. The fraction of sp³-hybridized carbons (Fsp3) is 0.731. The molecular weight excluding hydrogens is 402 g/mol. The Labute approximate surface area is 192 Å². The van der Waals surface area contributed by atoms with Crippen molar-refractivity contribution >= 4 is 17.3 Å². The van der Waals surface area contributed by atoms with Crippen LogP contribution in [0, 0.1) is 0 Å². The summed E-state index contributed by atoms with van der Waals surface area (Å²) in [5.74, 6) is -0.380. The lowest BCUT2D eigenvalue weighted by atomic mass is 9.88. The molecule has 0 aromatic heterocycles. The van der Waals surface area contributed by atoms with Crippen LogP contribution in [-0.2, 0) is 9.53 Å². The lowest BCUT2D eigenvalue weighted by molar-refractivity contribution is -0.146. The van der Waals surface area contributed by atoms with Crippen molar-refractivity contribution in [1.82, 2.24) is 4.90 Å². The van der Waals surface area contributed by atoms with Gasteiger partial charge in [-0.1, -0.05) is 44.2 Å². The van der Waals surface area contributed by atoms with Gasteiger partial charge >= 0.3 is 5.97 Å². The van der Waals surface area contributed by atoms with Gasteiger partial charge < -0.3 is 20.1 Å². The highest BCUT2D eigenvalue weighted by atomic mass is 16.5.